The highest BCUT2D eigenvalue weighted by Gasteiger charge is 2.30. The number of likely N-dealkylation sites (tertiary alicyclic amines) is 1. The van der Waals surface area contributed by atoms with Gasteiger partial charge in [-0.2, -0.15) is 5.10 Å². The van der Waals surface area contributed by atoms with Gasteiger partial charge in [0.25, 0.3) is 0 Å². The monoisotopic (exact) mass is 185 g/mol. The SMILES string of the molecule is CC(C)(C)OC(=O)N1CC(=NN)C1. The molecule has 1 rings (SSSR count). The number of hydrogen-bond donors (Lipinski definition) is 1. The number of amides is 1. The summed E-state index contributed by atoms with van der Waals surface area (Å²) in [6.45, 7) is 6.49. The zero-order valence-electron chi connectivity index (χ0n) is 8.20. The van der Waals surface area contributed by atoms with Crippen LogP contribution in [-0.4, -0.2) is 35.4 Å². The maximum atomic E-state index is 11.3. The Morgan fingerprint density at radius 1 is 1.54 bits per heavy atom. The lowest BCUT2D eigenvalue weighted by Gasteiger charge is -2.33. The summed E-state index contributed by atoms with van der Waals surface area (Å²) in [6.07, 6.45) is -0.306. The van der Waals surface area contributed by atoms with Crippen molar-refractivity contribution >= 4 is 11.8 Å². The third kappa shape index (κ3) is 2.61. The molecule has 1 aliphatic heterocycles. The first-order valence-corrected chi connectivity index (χ1v) is 4.16. The number of rotatable bonds is 0. The Hall–Kier alpha value is -1.26. The van der Waals surface area contributed by atoms with E-state index in [-0.39, 0.29) is 6.09 Å². The summed E-state index contributed by atoms with van der Waals surface area (Å²) in [5, 5.41) is 3.49. The lowest BCUT2D eigenvalue weighted by atomic mass is 10.2. The van der Waals surface area contributed by atoms with Gasteiger partial charge >= 0.3 is 6.09 Å². The maximum absolute atomic E-state index is 11.3. The molecule has 0 atom stereocenters. The van der Waals surface area contributed by atoms with E-state index in [9.17, 15) is 4.79 Å². The van der Waals surface area contributed by atoms with Crippen molar-refractivity contribution in [1.82, 2.24) is 4.90 Å². The molecule has 74 valence electrons. The molecule has 0 bridgehead atoms. The number of carbonyl (C=O) groups is 1. The van der Waals surface area contributed by atoms with Crippen molar-refractivity contribution < 1.29 is 9.53 Å². The molecule has 1 fully saturated rings. The third-order valence-corrected chi connectivity index (χ3v) is 1.58. The van der Waals surface area contributed by atoms with Crippen LogP contribution >= 0.6 is 0 Å². The summed E-state index contributed by atoms with van der Waals surface area (Å²) in [4.78, 5) is 12.9. The van der Waals surface area contributed by atoms with Crippen LogP contribution in [0, 0.1) is 0 Å². The smallest absolute Gasteiger partial charge is 0.410 e. The molecule has 5 nitrogen and oxygen atoms in total. The van der Waals surface area contributed by atoms with E-state index in [2.05, 4.69) is 5.10 Å². The van der Waals surface area contributed by atoms with E-state index < -0.39 is 5.60 Å². The molecule has 0 saturated carbocycles. The maximum Gasteiger partial charge on any atom is 0.410 e. The summed E-state index contributed by atoms with van der Waals surface area (Å²) >= 11 is 0. The molecule has 0 spiro atoms. The molecule has 0 aromatic rings. The predicted octanol–water partition coefficient (Wildman–Crippen LogP) is 0.552. The average Bonchev–Trinajstić information content (AvgIpc) is 1.79. The quantitative estimate of drug-likeness (QED) is 0.442. The van der Waals surface area contributed by atoms with Crippen LogP contribution in [0.3, 0.4) is 0 Å². The second-order valence-electron chi connectivity index (χ2n) is 4.03. The Morgan fingerprint density at radius 3 is 2.46 bits per heavy atom. The molecular weight excluding hydrogens is 170 g/mol. The molecule has 1 saturated heterocycles. The number of hydrazone groups is 1. The molecule has 0 aromatic carbocycles. The lowest BCUT2D eigenvalue weighted by molar-refractivity contribution is 0.0264. The molecule has 1 aliphatic rings. The summed E-state index contributed by atoms with van der Waals surface area (Å²) in [5.41, 5.74) is 0.387. The Balaban J connectivity index is 2.36. The van der Waals surface area contributed by atoms with Crippen LogP contribution in [0.2, 0.25) is 0 Å². The van der Waals surface area contributed by atoms with Crippen LogP contribution in [0.15, 0.2) is 5.10 Å². The van der Waals surface area contributed by atoms with Crippen molar-refractivity contribution in [2.75, 3.05) is 13.1 Å². The first-order valence-electron chi connectivity index (χ1n) is 4.16. The van der Waals surface area contributed by atoms with Crippen molar-refractivity contribution in [3.63, 3.8) is 0 Å². The zero-order chi connectivity index (χ0) is 10.1. The minimum atomic E-state index is -0.438. The fraction of sp³-hybridized carbons (Fsp3) is 0.750. The summed E-state index contributed by atoms with van der Waals surface area (Å²) < 4.78 is 5.13. The van der Waals surface area contributed by atoms with Gasteiger partial charge in [-0.1, -0.05) is 0 Å². The van der Waals surface area contributed by atoms with Crippen LogP contribution in [0.5, 0.6) is 0 Å². The summed E-state index contributed by atoms with van der Waals surface area (Å²) in [7, 11) is 0. The lowest BCUT2D eigenvalue weighted by Crippen LogP contribution is -2.52. The standard InChI is InChI=1S/C8H15N3O2/c1-8(2,3)13-7(12)11-4-6(5-11)10-9/h4-5,9H2,1-3H3. The van der Waals surface area contributed by atoms with Gasteiger partial charge in [0.15, 0.2) is 0 Å². The number of hydrogen-bond acceptors (Lipinski definition) is 4. The largest absolute Gasteiger partial charge is 0.444 e. The topological polar surface area (TPSA) is 67.9 Å². The fourth-order valence-electron chi connectivity index (χ4n) is 0.932. The van der Waals surface area contributed by atoms with Crippen LogP contribution in [-0.2, 0) is 4.74 Å². The number of carbonyl (C=O) groups excluding carboxylic acids is 1. The van der Waals surface area contributed by atoms with E-state index in [0.717, 1.165) is 5.71 Å². The highest BCUT2D eigenvalue weighted by molar-refractivity contribution is 5.98. The zero-order valence-corrected chi connectivity index (χ0v) is 8.20. The molecule has 2 N–H and O–H groups in total. The number of nitrogens with two attached hydrogens (primary N) is 1. The number of nitrogens with zero attached hydrogens (tertiary/aromatic N) is 2. The van der Waals surface area contributed by atoms with E-state index in [4.69, 9.17) is 10.6 Å². The van der Waals surface area contributed by atoms with Crippen molar-refractivity contribution in [2.24, 2.45) is 10.9 Å². The van der Waals surface area contributed by atoms with E-state index in [1.165, 1.54) is 0 Å². The van der Waals surface area contributed by atoms with Gasteiger partial charge in [-0.15, -0.1) is 0 Å². The molecule has 13 heavy (non-hydrogen) atoms. The predicted molar refractivity (Wildman–Crippen MR) is 49.4 cm³/mol. The van der Waals surface area contributed by atoms with Crippen molar-refractivity contribution in [3.8, 4) is 0 Å². The molecular formula is C8H15N3O2. The normalized spacial score (nSPS) is 16.5. The highest BCUT2D eigenvalue weighted by atomic mass is 16.6. The highest BCUT2D eigenvalue weighted by Crippen LogP contribution is 2.13. The minimum Gasteiger partial charge on any atom is -0.444 e. The van der Waals surface area contributed by atoms with Crippen LogP contribution in [0.4, 0.5) is 4.79 Å². The third-order valence-electron chi connectivity index (χ3n) is 1.58. The molecule has 1 heterocycles. The van der Waals surface area contributed by atoms with Crippen LogP contribution < -0.4 is 5.84 Å². The Morgan fingerprint density at radius 2 is 2.08 bits per heavy atom. The molecule has 5 heteroatoms. The van der Waals surface area contributed by atoms with Gasteiger partial charge < -0.3 is 10.6 Å². The Labute approximate surface area is 77.5 Å². The van der Waals surface area contributed by atoms with Gasteiger partial charge in [0.05, 0.1) is 18.8 Å². The first kappa shape index (κ1) is 9.83. The van der Waals surface area contributed by atoms with Gasteiger partial charge in [-0.05, 0) is 20.8 Å². The molecule has 1 amide bonds. The Bertz CT molecular complexity index is 234. The van der Waals surface area contributed by atoms with Crippen LogP contribution in [0.1, 0.15) is 20.8 Å². The van der Waals surface area contributed by atoms with Gasteiger partial charge in [-0.3, -0.25) is 4.90 Å². The molecule has 0 aromatic heterocycles. The average molecular weight is 185 g/mol. The molecule has 0 unspecified atom stereocenters. The van der Waals surface area contributed by atoms with Crippen molar-refractivity contribution in [1.29, 1.82) is 0 Å². The first-order chi connectivity index (χ1) is 5.92. The number of ether oxygens (including phenoxy) is 1. The van der Waals surface area contributed by atoms with E-state index in [1.54, 1.807) is 4.90 Å². The van der Waals surface area contributed by atoms with E-state index in [0.29, 0.717) is 13.1 Å². The second-order valence-corrected chi connectivity index (χ2v) is 4.03. The van der Waals surface area contributed by atoms with E-state index >= 15 is 0 Å². The van der Waals surface area contributed by atoms with Gasteiger partial charge in [-0.25, -0.2) is 4.79 Å². The summed E-state index contributed by atoms with van der Waals surface area (Å²) in [5.74, 6) is 5.03. The fourth-order valence-corrected chi connectivity index (χ4v) is 0.932. The van der Waals surface area contributed by atoms with Gasteiger partial charge in [0.2, 0.25) is 0 Å². The molecule has 0 radical (unpaired) electrons. The summed E-state index contributed by atoms with van der Waals surface area (Å²) in [6, 6.07) is 0. The Kier molecular flexibility index (Phi) is 2.45. The van der Waals surface area contributed by atoms with Gasteiger partial charge in [0, 0.05) is 0 Å². The van der Waals surface area contributed by atoms with Crippen molar-refractivity contribution in [2.45, 2.75) is 26.4 Å². The van der Waals surface area contributed by atoms with Gasteiger partial charge in [0.1, 0.15) is 5.60 Å². The van der Waals surface area contributed by atoms with Crippen molar-refractivity contribution in [3.05, 3.63) is 0 Å². The minimum absolute atomic E-state index is 0.306. The second kappa shape index (κ2) is 3.24. The van der Waals surface area contributed by atoms with E-state index in [1.807, 2.05) is 20.8 Å². The molecule has 0 aliphatic carbocycles. The van der Waals surface area contributed by atoms with Crippen LogP contribution in [0.25, 0.3) is 0 Å².